The summed E-state index contributed by atoms with van der Waals surface area (Å²) in [5.74, 6) is 0. The van der Waals surface area contributed by atoms with E-state index in [-0.39, 0.29) is 5.56 Å². The van der Waals surface area contributed by atoms with Gasteiger partial charge < -0.3 is 0 Å². The molecule has 0 N–H and O–H groups in total. The lowest BCUT2D eigenvalue weighted by atomic mass is 10.2. The van der Waals surface area contributed by atoms with Crippen LogP contribution in [0.15, 0.2) is 23.8 Å². The molecule has 0 aliphatic rings. The zero-order valence-electron chi connectivity index (χ0n) is 8.08. The lowest BCUT2D eigenvalue weighted by Gasteiger charge is -2.05. The Morgan fingerprint density at radius 3 is 2.92 bits per heavy atom. The lowest BCUT2D eigenvalue weighted by molar-refractivity contribution is 0.656. The number of aryl methyl sites for hydroxylation is 2. The predicted molar refractivity (Wildman–Crippen MR) is 52.8 cm³/mol. The third-order valence-corrected chi connectivity index (χ3v) is 2.09. The molecule has 0 spiro atoms. The summed E-state index contributed by atoms with van der Waals surface area (Å²) >= 11 is 0. The van der Waals surface area contributed by atoms with Crippen LogP contribution < -0.4 is 5.56 Å². The van der Waals surface area contributed by atoms with Crippen LogP contribution in [0.25, 0.3) is 0 Å². The van der Waals surface area contributed by atoms with E-state index in [1.165, 1.54) is 0 Å². The molecule has 0 unspecified atom stereocenters. The van der Waals surface area contributed by atoms with Gasteiger partial charge in [0.05, 0.1) is 6.33 Å². The predicted octanol–water partition coefficient (Wildman–Crippen LogP) is 1.44. The van der Waals surface area contributed by atoms with E-state index in [9.17, 15) is 4.79 Å². The van der Waals surface area contributed by atoms with E-state index in [2.05, 4.69) is 11.6 Å². The van der Waals surface area contributed by atoms with Gasteiger partial charge in [-0.3, -0.25) is 9.36 Å². The Morgan fingerprint density at radius 1 is 1.62 bits per heavy atom. The maximum atomic E-state index is 11.6. The van der Waals surface area contributed by atoms with Gasteiger partial charge in [0, 0.05) is 17.8 Å². The molecule has 0 amide bonds. The van der Waals surface area contributed by atoms with Crippen molar-refractivity contribution >= 4 is 0 Å². The molecular formula is C10H14N2O. The molecule has 0 atom stereocenters. The van der Waals surface area contributed by atoms with Crippen LogP contribution in [0.5, 0.6) is 0 Å². The van der Waals surface area contributed by atoms with Crippen molar-refractivity contribution < 1.29 is 0 Å². The molecule has 1 heterocycles. The summed E-state index contributed by atoms with van der Waals surface area (Å²) in [6.45, 7) is 7.92. The smallest absolute Gasteiger partial charge is 0.256 e. The molecule has 0 saturated heterocycles. The van der Waals surface area contributed by atoms with Gasteiger partial charge in [-0.2, -0.15) is 0 Å². The quantitative estimate of drug-likeness (QED) is 0.656. The SMILES string of the molecule is C=CCCn1cnc(C)c(C)c1=O. The third-order valence-electron chi connectivity index (χ3n) is 2.09. The van der Waals surface area contributed by atoms with Crippen LogP contribution in [0.3, 0.4) is 0 Å². The molecule has 3 heteroatoms. The van der Waals surface area contributed by atoms with Crippen molar-refractivity contribution in [3.63, 3.8) is 0 Å². The normalized spacial score (nSPS) is 10.0. The zero-order valence-corrected chi connectivity index (χ0v) is 8.08. The summed E-state index contributed by atoms with van der Waals surface area (Å²) in [5, 5.41) is 0. The molecule has 1 aromatic rings. The minimum absolute atomic E-state index is 0.0503. The maximum Gasteiger partial charge on any atom is 0.256 e. The fourth-order valence-corrected chi connectivity index (χ4v) is 1.07. The Hall–Kier alpha value is -1.38. The number of hydrogen-bond acceptors (Lipinski definition) is 2. The summed E-state index contributed by atoms with van der Waals surface area (Å²) < 4.78 is 1.62. The first-order valence-electron chi connectivity index (χ1n) is 4.30. The average molecular weight is 178 g/mol. The van der Waals surface area contributed by atoms with E-state index in [0.29, 0.717) is 6.54 Å². The first-order valence-corrected chi connectivity index (χ1v) is 4.30. The molecule has 0 aliphatic carbocycles. The molecule has 0 bridgehead atoms. The van der Waals surface area contributed by atoms with Crippen LogP contribution in [0.4, 0.5) is 0 Å². The first-order chi connectivity index (χ1) is 6.16. The van der Waals surface area contributed by atoms with Gasteiger partial charge in [0.25, 0.3) is 5.56 Å². The molecule has 0 saturated carbocycles. The summed E-state index contributed by atoms with van der Waals surface area (Å²) in [6.07, 6.45) is 4.18. The Balaban J connectivity index is 3.04. The third kappa shape index (κ3) is 2.05. The van der Waals surface area contributed by atoms with Crippen LogP contribution in [0.1, 0.15) is 17.7 Å². The summed E-state index contributed by atoms with van der Waals surface area (Å²) in [4.78, 5) is 15.7. The first kappa shape index (κ1) is 9.71. The number of hydrogen-bond donors (Lipinski definition) is 0. The molecule has 0 fully saturated rings. The van der Waals surface area contributed by atoms with Gasteiger partial charge in [-0.25, -0.2) is 4.98 Å². The number of aromatic nitrogens is 2. The highest BCUT2D eigenvalue weighted by Crippen LogP contribution is 1.95. The monoisotopic (exact) mass is 178 g/mol. The fourth-order valence-electron chi connectivity index (χ4n) is 1.07. The van der Waals surface area contributed by atoms with Crippen molar-refractivity contribution in [2.75, 3.05) is 0 Å². The van der Waals surface area contributed by atoms with Gasteiger partial charge in [0.1, 0.15) is 0 Å². The Bertz CT molecular complexity index is 366. The average Bonchev–Trinajstić information content (AvgIpc) is 2.13. The highest BCUT2D eigenvalue weighted by Gasteiger charge is 2.01. The highest BCUT2D eigenvalue weighted by molar-refractivity contribution is 5.12. The van der Waals surface area contributed by atoms with Crippen molar-refractivity contribution in [2.45, 2.75) is 26.8 Å². The van der Waals surface area contributed by atoms with Crippen molar-refractivity contribution in [2.24, 2.45) is 0 Å². The van der Waals surface area contributed by atoms with Crippen molar-refractivity contribution in [3.05, 3.63) is 40.6 Å². The van der Waals surface area contributed by atoms with E-state index in [1.807, 2.05) is 6.92 Å². The minimum Gasteiger partial charge on any atom is -0.299 e. The van der Waals surface area contributed by atoms with Crippen LogP contribution in [-0.4, -0.2) is 9.55 Å². The van der Waals surface area contributed by atoms with Gasteiger partial charge in [-0.1, -0.05) is 6.08 Å². The maximum absolute atomic E-state index is 11.6. The lowest BCUT2D eigenvalue weighted by Crippen LogP contribution is -2.23. The number of rotatable bonds is 3. The summed E-state index contributed by atoms with van der Waals surface area (Å²) in [6, 6.07) is 0. The Morgan fingerprint density at radius 2 is 2.31 bits per heavy atom. The second-order valence-electron chi connectivity index (χ2n) is 3.03. The van der Waals surface area contributed by atoms with E-state index >= 15 is 0 Å². The molecule has 1 aromatic heterocycles. The molecule has 70 valence electrons. The molecular weight excluding hydrogens is 164 g/mol. The number of allylic oxidation sites excluding steroid dienone is 1. The molecule has 13 heavy (non-hydrogen) atoms. The van der Waals surface area contributed by atoms with E-state index in [0.717, 1.165) is 17.7 Å². The van der Waals surface area contributed by atoms with E-state index in [1.54, 1.807) is 23.9 Å². The van der Waals surface area contributed by atoms with Crippen molar-refractivity contribution in [1.29, 1.82) is 0 Å². The largest absolute Gasteiger partial charge is 0.299 e. The topological polar surface area (TPSA) is 34.9 Å². The molecule has 0 radical (unpaired) electrons. The van der Waals surface area contributed by atoms with Crippen molar-refractivity contribution in [1.82, 2.24) is 9.55 Å². The van der Waals surface area contributed by atoms with Gasteiger partial charge >= 0.3 is 0 Å². The second-order valence-corrected chi connectivity index (χ2v) is 3.03. The Labute approximate surface area is 77.7 Å². The molecule has 0 aromatic carbocycles. The van der Waals surface area contributed by atoms with Gasteiger partial charge in [0.15, 0.2) is 0 Å². The fraction of sp³-hybridized carbons (Fsp3) is 0.400. The van der Waals surface area contributed by atoms with E-state index < -0.39 is 0 Å². The molecule has 1 rings (SSSR count). The zero-order chi connectivity index (χ0) is 9.84. The van der Waals surface area contributed by atoms with Crippen molar-refractivity contribution in [3.8, 4) is 0 Å². The Kier molecular flexibility index (Phi) is 3.01. The summed E-state index contributed by atoms with van der Waals surface area (Å²) in [5.41, 5.74) is 1.58. The van der Waals surface area contributed by atoms with Crippen LogP contribution in [0, 0.1) is 13.8 Å². The molecule has 3 nitrogen and oxygen atoms in total. The summed E-state index contributed by atoms with van der Waals surface area (Å²) in [7, 11) is 0. The van der Waals surface area contributed by atoms with Gasteiger partial charge in [-0.15, -0.1) is 6.58 Å². The van der Waals surface area contributed by atoms with E-state index in [4.69, 9.17) is 0 Å². The minimum atomic E-state index is 0.0503. The molecule has 0 aliphatic heterocycles. The highest BCUT2D eigenvalue weighted by atomic mass is 16.1. The van der Waals surface area contributed by atoms with Crippen LogP contribution >= 0.6 is 0 Å². The van der Waals surface area contributed by atoms with Gasteiger partial charge in [-0.05, 0) is 20.3 Å². The van der Waals surface area contributed by atoms with Crippen LogP contribution in [0.2, 0.25) is 0 Å². The standard InChI is InChI=1S/C10H14N2O/c1-4-5-6-12-7-11-9(3)8(2)10(12)13/h4,7H,1,5-6H2,2-3H3. The van der Waals surface area contributed by atoms with Crippen LogP contribution in [-0.2, 0) is 6.54 Å². The van der Waals surface area contributed by atoms with Gasteiger partial charge in [0.2, 0.25) is 0 Å². The number of nitrogens with zero attached hydrogens (tertiary/aromatic N) is 2. The second kappa shape index (κ2) is 4.03.